The molecule has 45 heavy (non-hydrogen) atoms. The van der Waals surface area contributed by atoms with Crippen LogP contribution < -0.4 is 15.5 Å². The Kier molecular flexibility index (Phi) is 10.5. The monoisotopic (exact) mass is 619 g/mol. The first-order valence-corrected chi connectivity index (χ1v) is 14.1. The summed E-state index contributed by atoms with van der Waals surface area (Å²) < 4.78 is 40.5. The minimum atomic E-state index is -4.56. The molecule has 3 amide bonds. The smallest absolute Gasteiger partial charge is 0.391 e. The first-order valence-electron chi connectivity index (χ1n) is 14.1. The Morgan fingerprint density at radius 3 is 2.31 bits per heavy atom. The molecule has 5 rings (SSSR count). The standard InChI is InChI=1S/C22H19F3N4O2.C11H13NO2/c1-2-28-20-15(13-26-29(20)17-9-4-3-5-10-17)12-18(21(28)31)27-19(30)14-7-6-8-16(11-14)22(23,24)25;1-9(8-13)11(14)12-7-10-5-3-2-4-6-10/h3-11,13,18H,2,12H2,1H3,(H,27,30);2-6,13H,1,7-8H2,(H,12,14). The van der Waals surface area contributed by atoms with Crippen molar-refractivity contribution < 1.29 is 32.7 Å². The number of aliphatic hydroxyl groups is 1. The second-order valence-electron chi connectivity index (χ2n) is 10.1. The van der Waals surface area contributed by atoms with Crippen LogP contribution in [-0.2, 0) is 28.7 Å². The SMILES string of the molecule is C=C(CO)C(=O)NCc1ccccc1.CCN1C(=O)C(NC(=O)c2cccc(C(F)(F)F)c2)Cc2cnn(-c3ccccc3)c21. The van der Waals surface area contributed by atoms with Gasteiger partial charge in [-0.2, -0.15) is 18.3 Å². The normalized spacial score (nSPS) is 14.1. The van der Waals surface area contributed by atoms with Gasteiger partial charge in [0.25, 0.3) is 11.8 Å². The molecule has 2 heterocycles. The average molecular weight is 620 g/mol. The number of aromatic nitrogens is 2. The van der Waals surface area contributed by atoms with Crippen molar-refractivity contribution in [1.82, 2.24) is 20.4 Å². The lowest BCUT2D eigenvalue weighted by Gasteiger charge is -2.32. The number of nitrogens with one attached hydrogen (secondary N) is 2. The molecule has 1 unspecified atom stereocenters. The van der Waals surface area contributed by atoms with E-state index >= 15 is 0 Å². The quantitative estimate of drug-likeness (QED) is 0.252. The van der Waals surface area contributed by atoms with Crippen LogP contribution in [0.2, 0.25) is 0 Å². The maximum absolute atomic E-state index is 13.1. The van der Waals surface area contributed by atoms with E-state index < -0.39 is 23.7 Å². The fraction of sp³-hybridized carbons (Fsp3) is 0.212. The first-order chi connectivity index (χ1) is 21.5. The van der Waals surface area contributed by atoms with Gasteiger partial charge in [0.2, 0.25) is 5.91 Å². The number of aliphatic hydroxyl groups excluding tert-OH is 1. The second-order valence-corrected chi connectivity index (χ2v) is 10.1. The van der Waals surface area contributed by atoms with Gasteiger partial charge >= 0.3 is 6.18 Å². The molecule has 12 heteroatoms. The number of benzene rings is 3. The Balaban J connectivity index is 0.000000276. The van der Waals surface area contributed by atoms with Crippen LogP contribution in [0.1, 0.15) is 34.0 Å². The summed E-state index contributed by atoms with van der Waals surface area (Å²) in [7, 11) is 0. The minimum Gasteiger partial charge on any atom is -0.391 e. The maximum atomic E-state index is 13.1. The van der Waals surface area contributed by atoms with Gasteiger partial charge in [-0.05, 0) is 42.8 Å². The Labute approximate surface area is 258 Å². The largest absolute Gasteiger partial charge is 0.416 e. The number of carbonyl (C=O) groups is 3. The van der Waals surface area contributed by atoms with Gasteiger partial charge in [0.1, 0.15) is 11.9 Å². The van der Waals surface area contributed by atoms with E-state index in [-0.39, 0.29) is 36.0 Å². The zero-order chi connectivity index (χ0) is 32.6. The summed E-state index contributed by atoms with van der Waals surface area (Å²) in [6, 6.07) is 22.1. The van der Waals surface area contributed by atoms with Gasteiger partial charge in [0, 0.05) is 36.2 Å². The molecule has 9 nitrogen and oxygen atoms in total. The molecule has 0 radical (unpaired) electrons. The van der Waals surface area contributed by atoms with Crippen LogP contribution in [0, 0.1) is 0 Å². The molecule has 0 saturated carbocycles. The molecule has 0 aliphatic carbocycles. The number of likely N-dealkylation sites (N-methyl/N-ethyl adjacent to an activating group) is 1. The predicted octanol–water partition coefficient (Wildman–Crippen LogP) is 4.45. The second kappa shape index (κ2) is 14.5. The number of para-hydroxylation sites is 1. The summed E-state index contributed by atoms with van der Waals surface area (Å²) in [5, 5.41) is 18.3. The van der Waals surface area contributed by atoms with Crippen molar-refractivity contribution in [3.63, 3.8) is 0 Å². The van der Waals surface area contributed by atoms with Crippen LogP contribution in [0.3, 0.4) is 0 Å². The molecule has 0 fully saturated rings. The fourth-order valence-electron chi connectivity index (χ4n) is 4.64. The molecule has 0 spiro atoms. The molecule has 1 aromatic heterocycles. The van der Waals surface area contributed by atoms with E-state index in [0.29, 0.717) is 18.9 Å². The highest BCUT2D eigenvalue weighted by atomic mass is 19.4. The van der Waals surface area contributed by atoms with Gasteiger partial charge in [0.15, 0.2) is 0 Å². The van der Waals surface area contributed by atoms with E-state index in [1.807, 2.05) is 60.7 Å². The summed E-state index contributed by atoms with van der Waals surface area (Å²) in [6.07, 6.45) is -2.72. The van der Waals surface area contributed by atoms with Crippen molar-refractivity contribution in [2.24, 2.45) is 0 Å². The molecule has 0 saturated heterocycles. The van der Waals surface area contributed by atoms with Gasteiger partial charge in [-0.15, -0.1) is 0 Å². The van der Waals surface area contributed by atoms with Gasteiger partial charge < -0.3 is 15.7 Å². The van der Waals surface area contributed by atoms with Crippen LogP contribution >= 0.6 is 0 Å². The molecule has 4 aromatic rings. The van der Waals surface area contributed by atoms with Gasteiger partial charge in [-0.25, -0.2) is 4.68 Å². The third-order valence-corrected chi connectivity index (χ3v) is 6.94. The van der Waals surface area contributed by atoms with Crippen molar-refractivity contribution in [2.45, 2.75) is 32.1 Å². The van der Waals surface area contributed by atoms with Gasteiger partial charge in [-0.3, -0.25) is 19.3 Å². The van der Waals surface area contributed by atoms with E-state index in [4.69, 9.17) is 5.11 Å². The summed E-state index contributed by atoms with van der Waals surface area (Å²) in [4.78, 5) is 38.4. The number of hydrogen-bond donors (Lipinski definition) is 3. The molecule has 0 bridgehead atoms. The van der Waals surface area contributed by atoms with Crippen molar-refractivity contribution in [2.75, 3.05) is 18.1 Å². The third-order valence-electron chi connectivity index (χ3n) is 6.94. The predicted molar refractivity (Wildman–Crippen MR) is 163 cm³/mol. The number of hydrogen-bond acceptors (Lipinski definition) is 5. The van der Waals surface area contributed by atoms with Crippen molar-refractivity contribution in [3.05, 3.63) is 126 Å². The number of fused-ring (bicyclic) bond motifs is 1. The van der Waals surface area contributed by atoms with Crippen molar-refractivity contribution in [3.8, 4) is 5.69 Å². The number of rotatable bonds is 8. The van der Waals surface area contributed by atoms with Gasteiger partial charge in [-0.1, -0.05) is 61.2 Å². The molecular weight excluding hydrogens is 587 g/mol. The average Bonchev–Trinajstić information content (AvgIpc) is 3.48. The summed E-state index contributed by atoms with van der Waals surface area (Å²) in [5.74, 6) is -0.757. The number of alkyl halides is 3. The van der Waals surface area contributed by atoms with Crippen LogP contribution in [0.4, 0.5) is 19.0 Å². The summed E-state index contributed by atoms with van der Waals surface area (Å²) >= 11 is 0. The molecule has 3 N–H and O–H groups in total. The lowest BCUT2D eigenvalue weighted by atomic mass is 10.0. The van der Waals surface area contributed by atoms with Crippen molar-refractivity contribution in [1.29, 1.82) is 0 Å². The fourth-order valence-corrected chi connectivity index (χ4v) is 4.64. The summed E-state index contributed by atoms with van der Waals surface area (Å²) in [6.45, 7) is 5.73. The van der Waals surface area contributed by atoms with Crippen molar-refractivity contribution >= 4 is 23.5 Å². The van der Waals surface area contributed by atoms with E-state index in [1.165, 1.54) is 17.0 Å². The lowest BCUT2D eigenvalue weighted by Crippen LogP contribution is -2.53. The van der Waals surface area contributed by atoms with E-state index in [9.17, 15) is 27.6 Å². The Bertz CT molecular complexity index is 1660. The highest BCUT2D eigenvalue weighted by molar-refractivity contribution is 6.04. The zero-order valence-corrected chi connectivity index (χ0v) is 24.4. The zero-order valence-electron chi connectivity index (χ0n) is 24.4. The molecule has 1 aliphatic rings. The molecule has 3 aromatic carbocycles. The van der Waals surface area contributed by atoms with Crippen LogP contribution in [0.25, 0.3) is 5.69 Å². The number of anilines is 1. The van der Waals surface area contributed by atoms with E-state index in [1.54, 1.807) is 17.8 Å². The minimum absolute atomic E-state index is 0.156. The maximum Gasteiger partial charge on any atom is 0.416 e. The topological polar surface area (TPSA) is 117 Å². The Morgan fingerprint density at radius 2 is 1.69 bits per heavy atom. The number of nitrogens with zero attached hydrogens (tertiary/aromatic N) is 3. The molecule has 1 aliphatic heterocycles. The highest BCUT2D eigenvalue weighted by Gasteiger charge is 2.37. The molecule has 234 valence electrons. The highest BCUT2D eigenvalue weighted by Crippen LogP contribution is 2.31. The number of halogens is 3. The molecule has 1 atom stereocenters. The third kappa shape index (κ3) is 8.03. The van der Waals surface area contributed by atoms with E-state index in [2.05, 4.69) is 22.3 Å². The molecular formula is C33H32F3N5O4. The number of amides is 3. The lowest BCUT2D eigenvalue weighted by molar-refractivity contribution is -0.137. The van der Waals surface area contributed by atoms with E-state index in [0.717, 1.165) is 28.9 Å². The Hall–Kier alpha value is -5.23. The van der Waals surface area contributed by atoms with Crippen LogP contribution in [0.15, 0.2) is 103 Å². The number of carbonyl (C=O) groups excluding carboxylic acids is 3. The van der Waals surface area contributed by atoms with Crippen LogP contribution in [-0.4, -0.2) is 51.8 Å². The van der Waals surface area contributed by atoms with Gasteiger partial charge in [0.05, 0.1) is 24.1 Å². The Morgan fingerprint density at radius 1 is 1.02 bits per heavy atom. The first kappa shape index (κ1) is 32.7. The van der Waals surface area contributed by atoms with Crippen LogP contribution in [0.5, 0.6) is 0 Å². The summed E-state index contributed by atoms with van der Waals surface area (Å²) in [5.41, 5.74) is 1.68.